The van der Waals surface area contributed by atoms with Crippen LogP contribution < -0.4 is 16.0 Å². The summed E-state index contributed by atoms with van der Waals surface area (Å²) in [6, 6.07) is 5.03. The SMILES string of the molecule is COCCNC(=O)c1cc2c(cc1F)/C(=C/c1[nH]c(C)cc1C)C(=O)N2CC1CCC(N)CC1.O=C(O)C(F)(F)F. The molecular formula is C28H34F4N4O5. The highest BCUT2D eigenvalue weighted by Gasteiger charge is 2.38. The molecule has 0 radical (unpaired) electrons. The fourth-order valence-corrected chi connectivity index (χ4v) is 4.90. The third-order valence-corrected chi connectivity index (χ3v) is 7.03. The first-order chi connectivity index (χ1) is 19.2. The molecule has 1 saturated carbocycles. The molecule has 4 rings (SSSR count). The van der Waals surface area contributed by atoms with Gasteiger partial charge in [0.25, 0.3) is 11.8 Å². The van der Waals surface area contributed by atoms with E-state index >= 15 is 4.39 Å². The van der Waals surface area contributed by atoms with Gasteiger partial charge in [-0.2, -0.15) is 13.2 Å². The molecule has 41 heavy (non-hydrogen) atoms. The molecule has 9 nitrogen and oxygen atoms in total. The van der Waals surface area contributed by atoms with Gasteiger partial charge in [-0.25, -0.2) is 9.18 Å². The Morgan fingerprint density at radius 1 is 1.20 bits per heavy atom. The number of carboxylic acid groups (broad SMARTS) is 1. The van der Waals surface area contributed by atoms with E-state index in [-0.39, 0.29) is 24.1 Å². The molecule has 1 fully saturated rings. The summed E-state index contributed by atoms with van der Waals surface area (Å²) in [5.74, 6) is -3.80. The number of nitrogens with zero attached hydrogens (tertiary/aromatic N) is 1. The predicted molar refractivity (Wildman–Crippen MR) is 145 cm³/mol. The summed E-state index contributed by atoms with van der Waals surface area (Å²) in [5.41, 5.74) is 10.3. The number of benzene rings is 1. The molecule has 0 unspecified atom stereocenters. The number of halogens is 4. The molecule has 0 atom stereocenters. The molecule has 5 N–H and O–H groups in total. The van der Waals surface area contributed by atoms with Crippen molar-refractivity contribution in [1.82, 2.24) is 10.3 Å². The van der Waals surface area contributed by atoms with Crippen molar-refractivity contribution in [2.24, 2.45) is 11.7 Å². The van der Waals surface area contributed by atoms with E-state index in [1.54, 1.807) is 11.0 Å². The number of hydrogen-bond donors (Lipinski definition) is 4. The number of aryl methyl sites for hydroxylation is 2. The van der Waals surface area contributed by atoms with Gasteiger partial charge < -0.3 is 30.8 Å². The molecule has 2 aromatic rings. The minimum atomic E-state index is -5.08. The van der Waals surface area contributed by atoms with Crippen molar-refractivity contribution in [3.05, 3.63) is 52.1 Å². The number of carbonyl (C=O) groups excluding carboxylic acids is 2. The highest BCUT2D eigenvalue weighted by Crippen LogP contribution is 2.41. The highest BCUT2D eigenvalue weighted by atomic mass is 19.4. The topological polar surface area (TPSA) is 138 Å². The van der Waals surface area contributed by atoms with E-state index in [0.29, 0.717) is 35.9 Å². The molecule has 0 bridgehead atoms. The number of nitrogens with one attached hydrogen (secondary N) is 2. The molecular weight excluding hydrogens is 548 g/mol. The number of H-pyrrole nitrogens is 1. The molecule has 1 aromatic carbocycles. The second-order valence-electron chi connectivity index (χ2n) is 10.2. The minimum absolute atomic E-state index is 0.0773. The molecule has 1 aromatic heterocycles. The summed E-state index contributed by atoms with van der Waals surface area (Å²) in [7, 11) is 1.53. The van der Waals surface area contributed by atoms with Gasteiger partial charge in [0, 0.05) is 43.2 Å². The first-order valence-electron chi connectivity index (χ1n) is 13.1. The molecule has 1 aliphatic heterocycles. The third kappa shape index (κ3) is 7.94. The Bertz CT molecular complexity index is 1310. The Balaban J connectivity index is 0.000000587. The maximum absolute atomic E-state index is 15.1. The summed E-state index contributed by atoms with van der Waals surface area (Å²) in [6.07, 6.45) is 0.456. The summed E-state index contributed by atoms with van der Waals surface area (Å²) < 4.78 is 51.8. The largest absolute Gasteiger partial charge is 0.490 e. The Morgan fingerprint density at radius 3 is 2.37 bits per heavy atom. The van der Waals surface area contributed by atoms with Crippen LogP contribution in [0.4, 0.5) is 23.2 Å². The van der Waals surface area contributed by atoms with Crippen LogP contribution in [0, 0.1) is 25.6 Å². The molecule has 2 amide bonds. The first-order valence-corrected chi connectivity index (χ1v) is 13.1. The second kappa shape index (κ2) is 13.3. The Hall–Kier alpha value is -3.71. The number of amides is 2. The van der Waals surface area contributed by atoms with Crippen LogP contribution in [0.25, 0.3) is 11.6 Å². The van der Waals surface area contributed by atoms with Crippen LogP contribution in [0.3, 0.4) is 0 Å². The number of anilines is 1. The van der Waals surface area contributed by atoms with E-state index in [9.17, 15) is 22.8 Å². The number of ether oxygens (including phenoxy) is 1. The molecule has 2 aliphatic rings. The van der Waals surface area contributed by atoms with E-state index in [4.69, 9.17) is 20.4 Å². The number of aliphatic carboxylic acids is 1. The van der Waals surface area contributed by atoms with Gasteiger partial charge in [0.15, 0.2) is 0 Å². The van der Waals surface area contributed by atoms with Crippen LogP contribution in [0.5, 0.6) is 0 Å². The van der Waals surface area contributed by atoms with Gasteiger partial charge in [0.2, 0.25) is 0 Å². The van der Waals surface area contributed by atoms with Crippen molar-refractivity contribution in [2.75, 3.05) is 31.7 Å². The van der Waals surface area contributed by atoms with E-state index in [2.05, 4.69) is 10.3 Å². The predicted octanol–water partition coefficient (Wildman–Crippen LogP) is 4.18. The van der Waals surface area contributed by atoms with E-state index in [1.807, 2.05) is 19.9 Å². The molecule has 0 spiro atoms. The number of rotatable bonds is 7. The number of nitrogens with two attached hydrogens (primary N) is 1. The number of alkyl halides is 3. The summed E-state index contributed by atoms with van der Waals surface area (Å²) in [5, 5.41) is 9.79. The van der Waals surface area contributed by atoms with Crippen LogP contribution >= 0.6 is 0 Å². The van der Waals surface area contributed by atoms with Gasteiger partial charge in [-0.05, 0) is 75.3 Å². The quantitative estimate of drug-likeness (QED) is 0.220. The zero-order chi connectivity index (χ0) is 30.5. The zero-order valence-corrected chi connectivity index (χ0v) is 23.0. The smallest absolute Gasteiger partial charge is 0.475 e. The van der Waals surface area contributed by atoms with Gasteiger partial charge in [0.05, 0.1) is 23.4 Å². The van der Waals surface area contributed by atoms with Crippen molar-refractivity contribution in [1.29, 1.82) is 0 Å². The average Bonchev–Trinajstić information content (AvgIpc) is 3.34. The zero-order valence-electron chi connectivity index (χ0n) is 23.0. The number of fused-ring (bicyclic) bond motifs is 1. The maximum atomic E-state index is 15.1. The Kier molecular flexibility index (Phi) is 10.3. The van der Waals surface area contributed by atoms with E-state index in [1.165, 1.54) is 19.2 Å². The van der Waals surface area contributed by atoms with Gasteiger partial charge >= 0.3 is 12.1 Å². The van der Waals surface area contributed by atoms with Gasteiger partial charge in [-0.15, -0.1) is 0 Å². The van der Waals surface area contributed by atoms with Crippen LogP contribution in [-0.2, 0) is 14.3 Å². The summed E-state index contributed by atoms with van der Waals surface area (Å²) in [6.45, 7) is 5.04. The lowest BCUT2D eigenvalue weighted by molar-refractivity contribution is -0.192. The molecule has 224 valence electrons. The van der Waals surface area contributed by atoms with E-state index in [0.717, 1.165) is 42.6 Å². The molecule has 0 saturated heterocycles. The van der Waals surface area contributed by atoms with Crippen LogP contribution in [-0.4, -0.2) is 66.9 Å². The van der Waals surface area contributed by atoms with Gasteiger partial charge in [-0.3, -0.25) is 9.59 Å². The molecule has 2 heterocycles. The van der Waals surface area contributed by atoms with Crippen LogP contribution in [0.2, 0.25) is 0 Å². The fraction of sp³-hybridized carbons (Fsp3) is 0.464. The number of carbonyl (C=O) groups is 3. The fourth-order valence-electron chi connectivity index (χ4n) is 4.90. The summed E-state index contributed by atoms with van der Waals surface area (Å²) in [4.78, 5) is 40.1. The monoisotopic (exact) mass is 582 g/mol. The van der Waals surface area contributed by atoms with Crippen LogP contribution in [0.1, 0.15) is 58.6 Å². The molecule has 1 aliphatic carbocycles. The van der Waals surface area contributed by atoms with Crippen molar-refractivity contribution in [3.8, 4) is 0 Å². The maximum Gasteiger partial charge on any atom is 0.490 e. The minimum Gasteiger partial charge on any atom is -0.475 e. The van der Waals surface area contributed by atoms with Gasteiger partial charge in [0.1, 0.15) is 5.82 Å². The first kappa shape index (κ1) is 31.8. The highest BCUT2D eigenvalue weighted by molar-refractivity contribution is 6.36. The normalized spacial score (nSPS) is 19.6. The lowest BCUT2D eigenvalue weighted by atomic mass is 9.86. The third-order valence-electron chi connectivity index (χ3n) is 7.03. The van der Waals surface area contributed by atoms with Crippen molar-refractivity contribution in [2.45, 2.75) is 51.7 Å². The number of methoxy groups -OCH3 is 1. The Labute approximate surface area is 234 Å². The number of carboxylic acids is 1. The second-order valence-corrected chi connectivity index (χ2v) is 10.2. The van der Waals surface area contributed by atoms with Crippen molar-refractivity contribution in [3.63, 3.8) is 0 Å². The lowest BCUT2D eigenvalue weighted by Crippen LogP contribution is -2.36. The van der Waals surface area contributed by atoms with Crippen molar-refractivity contribution < 1.29 is 41.8 Å². The standard InChI is InChI=1S/C26H33FN4O3.C2HF3O2/c1-15-10-16(2)30-23(15)12-20-19-11-22(27)21(25(32)29-8-9-34-3)13-24(19)31(26(20)33)14-17-4-6-18(28)7-5-17;3-2(4,5)1(6)7/h10-13,17-18,30H,4-9,14,28H2,1-3H3,(H,29,32);(H,6,7)/b20-12-;. The number of aromatic amines is 1. The average molecular weight is 583 g/mol. The lowest BCUT2D eigenvalue weighted by Gasteiger charge is -2.30. The number of aromatic nitrogens is 1. The van der Waals surface area contributed by atoms with Crippen LogP contribution in [0.15, 0.2) is 18.2 Å². The molecule has 13 heteroatoms. The van der Waals surface area contributed by atoms with Gasteiger partial charge in [-0.1, -0.05) is 0 Å². The Morgan fingerprint density at radius 2 is 1.83 bits per heavy atom. The van der Waals surface area contributed by atoms with Crippen molar-refractivity contribution >= 4 is 35.1 Å². The van der Waals surface area contributed by atoms with E-state index < -0.39 is 23.9 Å². The number of hydrogen-bond acceptors (Lipinski definition) is 5. The summed E-state index contributed by atoms with van der Waals surface area (Å²) >= 11 is 0.